The normalized spacial score (nSPS) is 15.8. The molecule has 0 radical (unpaired) electrons. The van der Waals surface area contributed by atoms with E-state index in [1.165, 1.54) is 17.0 Å². The number of para-hydroxylation sites is 1. The highest BCUT2D eigenvalue weighted by atomic mass is 32.1. The van der Waals surface area contributed by atoms with E-state index in [0.29, 0.717) is 0 Å². The van der Waals surface area contributed by atoms with Crippen molar-refractivity contribution >= 4 is 34.7 Å². The van der Waals surface area contributed by atoms with Crippen LogP contribution in [0, 0.1) is 5.82 Å². The number of nitrogens with two attached hydrogens (primary N) is 1. The van der Waals surface area contributed by atoms with E-state index in [-0.39, 0.29) is 30.3 Å². The number of imide groups is 1. The van der Waals surface area contributed by atoms with Gasteiger partial charge >= 0.3 is 0 Å². The third-order valence-corrected chi connectivity index (χ3v) is 2.89. The highest BCUT2D eigenvalue weighted by Gasteiger charge is 2.32. The van der Waals surface area contributed by atoms with Crippen molar-refractivity contribution in [3.63, 3.8) is 0 Å². The van der Waals surface area contributed by atoms with Crippen molar-refractivity contribution in [2.45, 2.75) is 0 Å². The fourth-order valence-corrected chi connectivity index (χ4v) is 2.03. The van der Waals surface area contributed by atoms with E-state index < -0.39 is 17.6 Å². The Morgan fingerprint density at radius 1 is 1.26 bits per heavy atom. The van der Waals surface area contributed by atoms with Gasteiger partial charge in [0.05, 0.1) is 30.3 Å². The molecule has 0 saturated carbocycles. The van der Waals surface area contributed by atoms with Gasteiger partial charge in [0.1, 0.15) is 5.82 Å². The molecular formula is C12H12FN3O2S. The summed E-state index contributed by atoms with van der Waals surface area (Å²) < 4.78 is 13.6. The molecule has 5 nitrogen and oxygen atoms in total. The lowest BCUT2D eigenvalue weighted by molar-refractivity contribution is -0.144. The molecule has 1 aromatic carbocycles. The van der Waals surface area contributed by atoms with Gasteiger partial charge in [-0.15, -0.1) is 0 Å². The summed E-state index contributed by atoms with van der Waals surface area (Å²) in [6, 6.07) is 6.01. The largest absolute Gasteiger partial charge is 0.392 e. The number of rotatable bonds is 3. The number of amides is 2. The number of piperazine rings is 1. The number of anilines is 1. The summed E-state index contributed by atoms with van der Waals surface area (Å²) in [5, 5.41) is 0. The summed E-state index contributed by atoms with van der Waals surface area (Å²) in [7, 11) is 0. The molecule has 1 aromatic rings. The van der Waals surface area contributed by atoms with Gasteiger partial charge in [0.25, 0.3) is 0 Å². The summed E-state index contributed by atoms with van der Waals surface area (Å²) in [6.45, 7) is -0.220. The van der Waals surface area contributed by atoms with Gasteiger partial charge in [-0.05, 0) is 12.1 Å². The number of hydrogen-bond donors (Lipinski definition) is 1. The molecule has 0 unspecified atom stereocenters. The lowest BCUT2D eigenvalue weighted by Gasteiger charge is -2.33. The molecule has 100 valence electrons. The van der Waals surface area contributed by atoms with E-state index in [4.69, 9.17) is 5.73 Å². The molecule has 2 amide bonds. The first-order chi connectivity index (χ1) is 8.99. The summed E-state index contributed by atoms with van der Waals surface area (Å²) in [5.74, 6) is -1.34. The summed E-state index contributed by atoms with van der Waals surface area (Å²) in [4.78, 5) is 26.2. The average molecular weight is 281 g/mol. The molecule has 0 aliphatic carbocycles. The van der Waals surface area contributed by atoms with Crippen LogP contribution in [-0.2, 0) is 9.59 Å². The molecule has 1 aliphatic heterocycles. The van der Waals surface area contributed by atoms with Crippen LogP contribution in [0.15, 0.2) is 24.3 Å². The summed E-state index contributed by atoms with van der Waals surface area (Å²) >= 11 is 4.68. The summed E-state index contributed by atoms with van der Waals surface area (Å²) in [5.41, 5.74) is 5.56. The van der Waals surface area contributed by atoms with Gasteiger partial charge in [-0.25, -0.2) is 4.39 Å². The number of carbonyl (C=O) groups is 2. The number of hydrogen-bond acceptors (Lipinski definition) is 4. The maximum absolute atomic E-state index is 13.6. The van der Waals surface area contributed by atoms with Crippen molar-refractivity contribution in [3.8, 4) is 0 Å². The van der Waals surface area contributed by atoms with Gasteiger partial charge in [0, 0.05) is 0 Å². The van der Waals surface area contributed by atoms with E-state index in [1.807, 2.05) is 0 Å². The molecular weight excluding hydrogens is 269 g/mol. The van der Waals surface area contributed by atoms with Crippen molar-refractivity contribution in [1.82, 2.24) is 4.90 Å². The second-order valence-electron chi connectivity index (χ2n) is 4.15. The van der Waals surface area contributed by atoms with Crippen molar-refractivity contribution in [3.05, 3.63) is 30.1 Å². The quantitative estimate of drug-likeness (QED) is 0.637. The number of benzene rings is 1. The first-order valence-corrected chi connectivity index (χ1v) is 6.01. The number of halogens is 1. The topological polar surface area (TPSA) is 66.6 Å². The molecule has 7 heteroatoms. The van der Waals surface area contributed by atoms with Gasteiger partial charge in [0.15, 0.2) is 0 Å². The molecule has 1 fully saturated rings. The standard InChI is InChI=1S/C12H12FN3O2S/c13-8-3-1-2-4-9(8)15-6-11(17)16(5-10(14)19)12(18)7-15/h1-4H,5-7H2,(H2,14,19). The zero-order valence-electron chi connectivity index (χ0n) is 10.0. The van der Waals surface area contributed by atoms with Crippen LogP contribution in [-0.4, -0.2) is 41.3 Å². The molecule has 1 heterocycles. The van der Waals surface area contributed by atoms with E-state index in [0.717, 1.165) is 4.90 Å². The second kappa shape index (κ2) is 5.31. The Kier molecular flexibility index (Phi) is 3.75. The highest BCUT2D eigenvalue weighted by molar-refractivity contribution is 7.80. The van der Waals surface area contributed by atoms with Gasteiger partial charge in [-0.3, -0.25) is 14.5 Å². The maximum atomic E-state index is 13.6. The molecule has 0 bridgehead atoms. The fraction of sp³-hybridized carbons (Fsp3) is 0.250. The van der Waals surface area contributed by atoms with Crippen molar-refractivity contribution < 1.29 is 14.0 Å². The van der Waals surface area contributed by atoms with Crippen molar-refractivity contribution in [2.24, 2.45) is 5.73 Å². The molecule has 1 saturated heterocycles. The first kappa shape index (κ1) is 13.4. The smallest absolute Gasteiger partial charge is 0.249 e. The number of carbonyl (C=O) groups excluding carboxylic acids is 2. The highest BCUT2D eigenvalue weighted by Crippen LogP contribution is 2.20. The molecule has 2 rings (SSSR count). The molecule has 0 aromatic heterocycles. The van der Waals surface area contributed by atoms with E-state index in [1.54, 1.807) is 12.1 Å². The SMILES string of the molecule is NC(=S)CN1C(=O)CN(c2ccccc2F)CC1=O. The van der Waals surface area contributed by atoms with Gasteiger partial charge in [-0.1, -0.05) is 24.4 Å². The van der Waals surface area contributed by atoms with Gasteiger partial charge in [-0.2, -0.15) is 0 Å². The maximum Gasteiger partial charge on any atom is 0.249 e. The Bertz CT molecular complexity index is 532. The van der Waals surface area contributed by atoms with Crippen molar-refractivity contribution in [1.29, 1.82) is 0 Å². The minimum Gasteiger partial charge on any atom is -0.392 e. The van der Waals surface area contributed by atoms with Crippen LogP contribution in [0.2, 0.25) is 0 Å². The third kappa shape index (κ3) is 2.87. The predicted octanol–water partition coefficient (Wildman–Crippen LogP) is 0.287. The Labute approximate surface area is 114 Å². The zero-order chi connectivity index (χ0) is 14.0. The predicted molar refractivity (Wildman–Crippen MR) is 72.1 cm³/mol. The number of thiocarbonyl (C=S) groups is 1. The van der Waals surface area contributed by atoms with Crippen LogP contribution in [0.1, 0.15) is 0 Å². The van der Waals surface area contributed by atoms with E-state index in [9.17, 15) is 14.0 Å². The van der Waals surface area contributed by atoms with E-state index >= 15 is 0 Å². The lowest BCUT2D eigenvalue weighted by Crippen LogP contribution is -2.56. The monoisotopic (exact) mass is 281 g/mol. The van der Waals surface area contributed by atoms with Crippen LogP contribution >= 0.6 is 12.2 Å². The molecule has 1 aliphatic rings. The first-order valence-electron chi connectivity index (χ1n) is 5.60. The summed E-state index contributed by atoms with van der Waals surface area (Å²) in [6.07, 6.45) is 0. The van der Waals surface area contributed by atoms with E-state index in [2.05, 4.69) is 12.2 Å². The van der Waals surface area contributed by atoms with Crippen LogP contribution < -0.4 is 10.6 Å². The molecule has 2 N–H and O–H groups in total. The minimum atomic E-state index is -0.467. The fourth-order valence-electron chi connectivity index (χ4n) is 1.90. The molecule has 0 spiro atoms. The number of nitrogens with zero attached hydrogens (tertiary/aromatic N) is 2. The van der Waals surface area contributed by atoms with Crippen LogP contribution in [0.5, 0.6) is 0 Å². The van der Waals surface area contributed by atoms with Crippen LogP contribution in [0.4, 0.5) is 10.1 Å². The Morgan fingerprint density at radius 2 is 1.84 bits per heavy atom. The molecule has 19 heavy (non-hydrogen) atoms. The average Bonchev–Trinajstić information content (AvgIpc) is 2.34. The Hall–Kier alpha value is -2.02. The molecule has 0 atom stereocenters. The second-order valence-corrected chi connectivity index (χ2v) is 4.67. The minimum absolute atomic E-state index is 0.0704. The van der Waals surface area contributed by atoms with Gasteiger partial charge < -0.3 is 10.6 Å². The van der Waals surface area contributed by atoms with Crippen molar-refractivity contribution in [2.75, 3.05) is 24.5 Å². The van der Waals surface area contributed by atoms with Gasteiger partial charge in [0.2, 0.25) is 11.8 Å². The zero-order valence-corrected chi connectivity index (χ0v) is 10.8. The Morgan fingerprint density at radius 3 is 2.37 bits per heavy atom. The lowest BCUT2D eigenvalue weighted by atomic mass is 10.2. The third-order valence-electron chi connectivity index (χ3n) is 2.76. The Balaban J connectivity index is 2.18. The van der Waals surface area contributed by atoms with Crippen LogP contribution in [0.25, 0.3) is 0 Å². The van der Waals surface area contributed by atoms with Crippen LogP contribution in [0.3, 0.4) is 0 Å².